The summed E-state index contributed by atoms with van der Waals surface area (Å²) in [6.45, 7) is 2.62. The average molecular weight is 146 g/mol. The smallest absolute Gasteiger partial charge is 0.574 e. The van der Waals surface area contributed by atoms with E-state index in [4.69, 9.17) is 0 Å². The van der Waals surface area contributed by atoms with E-state index in [0.29, 0.717) is 0 Å². The van der Waals surface area contributed by atoms with Crippen molar-refractivity contribution < 1.29 is 24.2 Å². The monoisotopic (exact) mass is 146 g/mol. The fourth-order valence-electron chi connectivity index (χ4n) is 0. The molecule has 0 aromatic rings. The van der Waals surface area contributed by atoms with Gasteiger partial charge in [-0.25, -0.2) is 0 Å². The van der Waals surface area contributed by atoms with Gasteiger partial charge in [-0.2, -0.15) is 6.61 Å². The molecule has 0 aliphatic carbocycles. The maximum atomic E-state index is 4.38. The third-order valence-corrected chi connectivity index (χ3v) is 0.167. The molecule has 0 unspecified atom stereocenters. The zero-order valence-electron chi connectivity index (χ0n) is 2.03. The Morgan fingerprint density at radius 1 is 1.75 bits per heavy atom. The van der Waals surface area contributed by atoms with Gasteiger partial charge in [0, 0.05) is 0 Å². The number of ether oxygens (including phenoxy) is 1. The molecule has 0 atom stereocenters. The molecule has 25 valence electrons. The second kappa shape index (κ2) is 1.86. The number of hydrogen-bond donors (Lipinski definition) is 0. The Bertz CT molecular complexity index is 10.8. The molecule has 0 aromatic carbocycles. The Kier molecular flexibility index (Phi) is 2.13. The van der Waals surface area contributed by atoms with Crippen molar-refractivity contribution in [3.63, 3.8) is 0 Å². The fraction of sp³-hybridized carbons (Fsp3) is 0.500. The minimum atomic E-state index is 0. The topological polar surface area (TPSA) is 12.5 Å². The molecule has 0 spiro atoms. The summed E-state index contributed by atoms with van der Waals surface area (Å²) in [6, 6.07) is 0. The summed E-state index contributed by atoms with van der Waals surface area (Å²) < 4.78 is 4.38. The minimum Gasteiger partial charge on any atom is -0.574 e. The SMILES string of the molecule is [CH-]1CO1.[Rh+2]. The van der Waals surface area contributed by atoms with E-state index in [1.165, 1.54) is 0 Å². The van der Waals surface area contributed by atoms with Gasteiger partial charge in [-0.15, -0.1) is 0 Å². The maximum Gasteiger partial charge on any atom is 2.00 e. The molecule has 4 heavy (non-hydrogen) atoms. The molecular weight excluding hydrogens is 143 g/mol. The van der Waals surface area contributed by atoms with Crippen molar-refractivity contribution in [3.05, 3.63) is 6.61 Å². The summed E-state index contributed by atoms with van der Waals surface area (Å²) in [7, 11) is 0. The van der Waals surface area contributed by atoms with Crippen LogP contribution < -0.4 is 0 Å². The quantitative estimate of drug-likeness (QED) is 0.269. The Balaban J connectivity index is 0.0000000900. The van der Waals surface area contributed by atoms with Crippen LogP contribution in [0.5, 0.6) is 0 Å². The molecule has 1 aliphatic heterocycles. The van der Waals surface area contributed by atoms with Crippen LogP contribution in [0.3, 0.4) is 0 Å². The maximum absolute atomic E-state index is 4.38. The first-order valence-corrected chi connectivity index (χ1v) is 0.933. The van der Waals surface area contributed by atoms with Gasteiger partial charge in [0.1, 0.15) is 0 Å². The van der Waals surface area contributed by atoms with Crippen LogP contribution in [0.1, 0.15) is 0 Å². The standard InChI is InChI=1S/C2H3O.Rh/c1-2-3-1;/h1H,2H2;/q-1;+2. The van der Waals surface area contributed by atoms with Gasteiger partial charge in [0.2, 0.25) is 0 Å². The van der Waals surface area contributed by atoms with E-state index in [-0.39, 0.29) is 19.5 Å². The van der Waals surface area contributed by atoms with Crippen LogP contribution in [0.25, 0.3) is 0 Å². The van der Waals surface area contributed by atoms with Gasteiger partial charge in [-0.1, -0.05) is 6.61 Å². The van der Waals surface area contributed by atoms with E-state index in [1.54, 1.807) is 6.61 Å². The molecule has 1 aliphatic rings. The zero-order chi connectivity index (χ0) is 2.12. The zero-order valence-corrected chi connectivity index (χ0v) is 3.66. The largest absolute Gasteiger partial charge is 2.00 e. The van der Waals surface area contributed by atoms with E-state index >= 15 is 0 Å². The van der Waals surface area contributed by atoms with Crippen LogP contribution in [0.4, 0.5) is 0 Å². The molecule has 0 N–H and O–H groups in total. The number of rotatable bonds is 0. The second-order valence-corrected chi connectivity index (χ2v) is 0.500. The Hall–Kier alpha value is 0.583. The first kappa shape index (κ1) is 4.58. The van der Waals surface area contributed by atoms with Crippen molar-refractivity contribution in [2.45, 2.75) is 0 Å². The summed E-state index contributed by atoms with van der Waals surface area (Å²) >= 11 is 0. The van der Waals surface area contributed by atoms with Gasteiger partial charge in [-0.3, -0.25) is 0 Å². The molecule has 1 heterocycles. The number of hydrogen-bond acceptors (Lipinski definition) is 1. The van der Waals surface area contributed by atoms with Crippen molar-refractivity contribution in [2.75, 3.05) is 6.61 Å². The second-order valence-electron chi connectivity index (χ2n) is 0.500. The van der Waals surface area contributed by atoms with Crippen molar-refractivity contribution >= 4 is 0 Å². The summed E-state index contributed by atoms with van der Waals surface area (Å²) in [6.07, 6.45) is 0. The minimum absolute atomic E-state index is 0. The first-order chi connectivity index (χ1) is 1.50. The van der Waals surface area contributed by atoms with Crippen molar-refractivity contribution in [2.24, 2.45) is 0 Å². The Morgan fingerprint density at radius 3 is 2.00 bits per heavy atom. The van der Waals surface area contributed by atoms with Gasteiger partial charge in [0.15, 0.2) is 0 Å². The summed E-state index contributed by atoms with van der Waals surface area (Å²) in [5, 5.41) is 0. The van der Waals surface area contributed by atoms with Crippen LogP contribution in [0.2, 0.25) is 0 Å². The van der Waals surface area contributed by atoms with Gasteiger partial charge in [0.25, 0.3) is 0 Å². The molecule has 0 bridgehead atoms. The molecule has 2 heteroatoms. The third-order valence-electron chi connectivity index (χ3n) is 0.167. The van der Waals surface area contributed by atoms with Crippen LogP contribution in [0, 0.1) is 6.61 Å². The molecule has 0 aromatic heterocycles. The molecule has 1 saturated heterocycles. The van der Waals surface area contributed by atoms with E-state index in [0.717, 1.165) is 6.61 Å². The van der Waals surface area contributed by atoms with Crippen LogP contribution >= 0.6 is 0 Å². The van der Waals surface area contributed by atoms with Crippen LogP contribution in [-0.2, 0) is 24.2 Å². The van der Waals surface area contributed by atoms with Gasteiger partial charge < -0.3 is 4.74 Å². The summed E-state index contributed by atoms with van der Waals surface area (Å²) in [5.41, 5.74) is 0. The molecule has 1 radical (unpaired) electrons. The average Bonchev–Trinajstić information content (AvgIpc) is 1.46. The van der Waals surface area contributed by atoms with Gasteiger partial charge in [0.05, 0.1) is 0 Å². The van der Waals surface area contributed by atoms with Crippen LogP contribution in [0.15, 0.2) is 0 Å². The molecule has 0 amide bonds. The van der Waals surface area contributed by atoms with E-state index in [2.05, 4.69) is 4.74 Å². The van der Waals surface area contributed by atoms with Gasteiger partial charge in [-0.05, 0) is 0 Å². The third kappa shape index (κ3) is 2.58. The van der Waals surface area contributed by atoms with E-state index < -0.39 is 0 Å². The molecular formula is C2H3ORh+. The van der Waals surface area contributed by atoms with Crippen LogP contribution in [-0.4, -0.2) is 6.61 Å². The number of epoxide rings is 1. The van der Waals surface area contributed by atoms with E-state index in [1.807, 2.05) is 0 Å². The van der Waals surface area contributed by atoms with Crippen molar-refractivity contribution in [3.8, 4) is 0 Å². The predicted molar refractivity (Wildman–Crippen MR) is 10.3 cm³/mol. The molecule has 0 saturated carbocycles. The van der Waals surface area contributed by atoms with Crippen molar-refractivity contribution in [1.82, 2.24) is 0 Å². The predicted octanol–water partition coefficient (Wildman–Crippen LogP) is 0.176. The molecule has 1 nitrogen and oxygen atoms in total. The molecule has 1 rings (SSSR count). The van der Waals surface area contributed by atoms with Crippen molar-refractivity contribution in [1.29, 1.82) is 0 Å². The first-order valence-electron chi connectivity index (χ1n) is 0.933. The normalized spacial score (nSPS) is 18.0. The van der Waals surface area contributed by atoms with E-state index in [9.17, 15) is 0 Å². The Labute approximate surface area is 38.1 Å². The summed E-state index contributed by atoms with van der Waals surface area (Å²) in [5.74, 6) is 0. The van der Waals surface area contributed by atoms with Gasteiger partial charge >= 0.3 is 19.5 Å². The Morgan fingerprint density at radius 2 is 2.00 bits per heavy atom. The molecule has 1 fully saturated rings. The fourth-order valence-corrected chi connectivity index (χ4v) is 0. The summed E-state index contributed by atoms with van der Waals surface area (Å²) in [4.78, 5) is 0.